The van der Waals surface area contributed by atoms with Gasteiger partial charge in [-0.1, -0.05) is 18.2 Å². The number of likely N-dealkylation sites (N-methyl/N-ethyl adjacent to an activating group) is 1. The van der Waals surface area contributed by atoms with Crippen LogP contribution in [0.15, 0.2) is 53.4 Å². The van der Waals surface area contributed by atoms with Crippen LogP contribution in [0.3, 0.4) is 0 Å². The smallest absolute Gasteiger partial charge is 0.0397 e. The third-order valence-electron chi connectivity index (χ3n) is 4.77. The number of nitrogens with zero attached hydrogens (tertiary/aromatic N) is 3. The number of benzene rings is 2. The fourth-order valence-corrected chi connectivity index (χ4v) is 4.39. The summed E-state index contributed by atoms with van der Waals surface area (Å²) < 4.78 is 2.50. The highest BCUT2D eigenvalue weighted by atomic mass is 32.2. The fourth-order valence-electron chi connectivity index (χ4n) is 3.43. The predicted molar refractivity (Wildman–Crippen MR) is 99.5 cm³/mol. The average Bonchev–Trinajstić information content (AvgIpc) is 2.97. The monoisotopic (exact) mass is 325 g/mol. The number of para-hydroxylation sites is 1. The summed E-state index contributed by atoms with van der Waals surface area (Å²) in [6.45, 7) is 5.57. The van der Waals surface area contributed by atoms with Crippen molar-refractivity contribution in [1.82, 2.24) is 4.31 Å². The molecule has 1 saturated heterocycles. The summed E-state index contributed by atoms with van der Waals surface area (Å²) in [5.41, 5.74) is 4.25. The van der Waals surface area contributed by atoms with E-state index in [1.54, 1.807) is 0 Å². The van der Waals surface area contributed by atoms with Gasteiger partial charge in [0.1, 0.15) is 0 Å². The molecule has 4 heteroatoms. The molecule has 4 rings (SSSR count). The van der Waals surface area contributed by atoms with E-state index in [4.69, 9.17) is 0 Å². The minimum atomic E-state index is 1.10. The Hall–Kier alpha value is -1.65. The first kappa shape index (κ1) is 14.9. The van der Waals surface area contributed by atoms with Crippen LogP contribution < -0.4 is 9.80 Å². The van der Waals surface area contributed by atoms with Gasteiger partial charge >= 0.3 is 0 Å². The minimum absolute atomic E-state index is 1.10. The van der Waals surface area contributed by atoms with E-state index >= 15 is 0 Å². The molecule has 0 aromatic heterocycles. The van der Waals surface area contributed by atoms with Crippen molar-refractivity contribution in [2.45, 2.75) is 11.3 Å². The van der Waals surface area contributed by atoms with E-state index in [0.717, 1.165) is 32.7 Å². The number of hydrogen-bond donors (Lipinski definition) is 0. The molecule has 2 aromatic rings. The molecule has 0 atom stereocenters. The van der Waals surface area contributed by atoms with E-state index in [0.29, 0.717) is 0 Å². The Balaban J connectivity index is 1.37. The highest BCUT2D eigenvalue weighted by Gasteiger charge is 2.20. The Morgan fingerprint density at radius 3 is 2.43 bits per heavy atom. The van der Waals surface area contributed by atoms with E-state index in [2.05, 4.69) is 69.7 Å². The molecule has 2 aliphatic rings. The third kappa shape index (κ3) is 3.19. The highest BCUT2D eigenvalue weighted by molar-refractivity contribution is 7.97. The molecule has 0 unspecified atom stereocenters. The molecule has 23 heavy (non-hydrogen) atoms. The molecule has 0 radical (unpaired) electrons. The maximum absolute atomic E-state index is 2.50. The molecule has 0 saturated carbocycles. The summed E-state index contributed by atoms with van der Waals surface area (Å²) in [7, 11) is 2.18. The van der Waals surface area contributed by atoms with Crippen molar-refractivity contribution < 1.29 is 0 Å². The molecule has 3 nitrogen and oxygen atoms in total. The second-order valence-electron chi connectivity index (χ2n) is 6.30. The zero-order chi connectivity index (χ0) is 15.6. The number of hydrogen-bond acceptors (Lipinski definition) is 4. The van der Waals surface area contributed by atoms with Gasteiger partial charge in [0, 0.05) is 56.0 Å². The summed E-state index contributed by atoms with van der Waals surface area (Å²) in [5, 5.41) is 0. The molecule has 2 aliphatic heterocycles. The van der Waals surface area contributed by atoms with Crippen molar-refractivity contribution >= 4 is 23.3 Å². The van der Waals surface area contributed by atoms with Gasteiger partial charge in [0.05, 0.1) is 0 Å². The summed E-state index contributed by atoms with van der Waals surface area (Å²) in [5.74, 6) is 0. The van der Waals surface area contributed by atoms with Crippen LogP contribution >= 0.6 is 11.9 Å². The Morgan fingerprint density at radius 1 is 0.870 bits per heavy atom. The third-order valence-corrected chi connectivity index (χ3v) is 5.86. The molecule has 1 fully saturated rings. The molecule has 120 valence electrons. The zero-order valence-electron chi connectivity index (χ0n) is 13.6. The van der Waals surface area contributed by atoms with E-state index < -0.39 is 0 Å². The lowest BCUT2D eigenvalue weighted by Crippen LogP contribution is -2.43. The predicted octanol–water partition coefficient (Wildman–Crippen LogP) is 3.51. The van der Waals surface area contributed by atoms with Gasteiger partial charge in [0.25, 0.3) is 0 Å². The van der Waals surface area contributed by atoms with Gasteiger partial charge in [-0.2, -0.15) is 0 Å². The lowest BCUT2D eigenvalue weighted by molar-refractivity contribution is 0.429. The molecule has 2 aromatic carbocycles. The Morgan fingerprint density at radius 2 is 1.65 bits per heavy atom. The lowest BCUT2D eigenvalue weighted by Gasteiger charge is -2.35. The molecule has 0 spiro atoms. The quantitative estimate of drug-likeness (QED) is 0.799. The van der Waals surface area contributed by atoms with Crippen molar-refractivity contribution in [2.24, 2.45) is 0 Å². The average molecular weight is 325 g/mol. The Kier molecular flexibility index (Phi) is 4.19. The summed E-state index contributed by atoms with van der Waals surface area (Å²) in [6.07, 6.45) is 1.18. The maximum Gasteiger partial charge on any atom is 0.0397 e. The van der Waals surface area contributed by atoms with Gasteiger partial charge in [0.2, 0.25) is 0 Å². The Labute approximate surface area is 143 Å². The van der Waals surface area contributed by atoms with Crippen molar-refractivity contribution in [3.63, 3.8) is 0 Å². The van der Waals surface area contributed by atoms with E-state index in [-0.39, 0.29) is 0 Å². The van der Waals surface area contributed by atoms with Crippen LogP contribution in [0.5, 0.6) is 0 Å². The fraction of sp³-hybridized carbons (Fsp3) is 0.368. The first-order valence-electron chi connectivity index (χ1n) is 8.36. The number of anilines is 2. The van der Waals surface area contributed by atoms with Crippen LogP contribution in [0, 0.1) is 0 Å². The minimum Gasteiger partial charge on any atom is -0.374 e. The molecule has 0 aliphatic carbocycles. The lowest BCUT2D eigenvalue weighted by atomic mass is 10.2. The zero-order valence-corrected chi connectivity index (χ0v) is 14.4. The highest BCUT2D eigenvalue weighted by Crippen LogP contribution is 2.32. The second kappa shape index (κ2) is 6.46. The van der Waals surface area contributed by atoms with Crippen molar-refractivity contribution in [2.75, 3.05) is 49.6 Å². The van der Waals surface area contributed by atoms with Crippen molar-refractivity contribution in [1.29, 1.82) is 0 Å². The molecular weight excluding hydrogens is 302 g/mol. The first-order valence-corrected chi connectivity index (χ1v) is 9.14. The van der Waals surface area contributed by atoms with Gasteiger partial charge < -0.3 is 9.80 Å². The summed E-state index contributed by atoms with van der Waals surface area (Å²) in [4.78, 5) is 6.21. The van der Waals surface area contributed by atoms with Crippen LogP contribution in [0.25, 0.3) is 0 Å². The molecule has 2 heterocycles. The maximum atomic E-state index is 2.50. The van der Waals surface area contributed by atoms with Gasteiger partial charge in [-0.05, 0) is 54.3 Å². The summed E-state index contributed by atoms with van der Waals surface area (Å²) >= 11 is 1.92. The van der Waals surface area contributed by atoms with Crippen LogP contribution in [-0.4, -0.2) is 44.1 Å². The largest absolute Gasteiger partial charge is 0.374 e. The van der Waals surface area contributed by atoms with Crippen LogP contribution in [-0.2, 0) is 6.42 Å². The van der Waals surface area contributed by atoms with E-state index in [1.807, 2.05) is 11.9 Å². The molecule has 0 N–H and O–H groups in total. The van der Waals surface area contributed by atoms with E-state index in [1.165, 1.54) is 28.3 Å². The van der Waals surface area contributed by atoms with E-state index in [9.17, 15) is 0 Å². The second-order valence-corrected chi connectivity index (χ2v) is 7.48. The molecule has 0 bridgehead atoms. The molecule has 0 amide bonds. The Bertz CT molecular complexity index is 666. The van der Waals surface area contributed by atoms with Gasteiger partial charge in [0.15, 0.2) is 0 Å². The number of rotatable bonds is 3. The summed E-state index contributed by atoms with van der Waals surface area (Å²) in [6, 6.07) is 17.7. The number of fused-ring (bicyclic) bond motifs is 1. The van der Waals surface area contributed by atoms with Crippen LogP contribution in [0.4, 0.5) is 11.4 Å². The van der Waals surface area contributed by atoms with Gasteiger partial charge in [-0.3, -0.25) is 0 Å². The topological polar surface area (TPSA) is 9.72 Å². The normalized spacial score (nSPS) is 18.3. The SMILES string of the molecule is CN1CCc2cc(SN3CCN(c4ccccc4)CC3)ccc21. The first-order chi connectivity index (χ1) is 11.3. The van der Waals surface area contributed by atoms with Gasteiger partial charge in [-0.25, -0.2) is 4.31 Å². The van der Waals surface area contributed by atoms with Crippen molar-refractivity contribution in [3.05, 3.63) is 54.1 Å². The van der Waals surface area contributed by atoms with Crippen LogP contribution in [0.2, 0.25) is 0 Å². The van der Waals surface area contributed by atoms with Gasteiger partial charge in [-0.15, -0.1) is 0 Å². The number of piperazine rings is 1. The van der Waals surface area contributed by atoms with Crippen molar-refractivity contribution in [3.8, 4) is 0 Å². The standard InChI is InChI=1S/C19H23N3S/c1-20-10-9-16-15-18(7-8-19(16)20)23-22-13-11-21(12-14-22)17-5-3-2-4-6-17/h2-8,15H,9-14H2,1H3. The van der Waals surface area contributed by atoms with Crippen LogP contribution in [0.1, 0.15) is 5.56 Å². The molecular formula is C19H23N3S.